The molecule has 1 aromatic carbocycles. The summed E-state index contributed by atoms with van der Waals surface area (Å²) in [4.78, 5) is 10.0. The van der Waals surface area contributed by atoms with E-state index in [0.717, 1.165) is 17.4 Å². The Balaban J connectivity index is 2.82. The van der Waals surface area contributed by atoms with E-state index in [2.05, 4.69) is 0 Å². The van der Waals surface area contributed by atoms with Gasteiger partial charge in [0.2, 0.25) is 0 Å². The average Bonchev–Trinajstić information content (AvgIpc) is 2.03. The fraction of sp³-hybridized carbons (Fsp3) is 0.182. The summed E-state index contributed by atoms with van der Waals surface area (Å²) in [7, 11) is 0. The zero-order valence-electron chi connectivity index (χ0n) is 7.53. The van der Waals surface area contributed by atoms with Crippen LogP contribution in [0.4, 0.5) is 0 Å². The third-order valence-corrected chi connectivity index (χ3v) is 1.63. The summed E-state index contributed by atoms with van der Waals surface area (Å²) < 4.78 is 0. The van der Waals surface area contributed by atoms with Gasteiger partial charge in [0.05, 0.1) is 0 Å². The van der Waals surface area contributed by atoms with Crippen LogP contribution in [0.15, 0.2) is 24.3 Å². The molecule has 68 valence electrons. The van der Waals surface area contributed by atoms with Crippen LogP contribution >= 0.6 is 0 Å². The van der Waals surface area contributed by atoms with Crippen LogP contribution in [0.5, 0.6) is 5.75 Å². The zero-order chi connectivity index (χ0) is 9.68. The van der Waals surface area contributed by atoms with Crippen LogP contribution in [-0.2, 0) is 4.79 Å². The van der Waals surface area contributed by atoms with Gasteiger partial charge in [-0.15, -0.1) is 0 Å². The SMILES string of the molecule is Cc1cc(O)cc(C=CCC=O)c1. The molecule has 0 amide bonds. The highest BCUT2D eigenvalue weighted by Crippen LogP contribution is 2.15. The van der Waals surface area contributed by atoms with Crippen molar-refractivity contribution in [3.05, 3.63) is 35.4 Å². The molecule has 0 saturated carbocycles. The molecule has 1 aromatic rings. The molecule has 2 heteroatoms. The number of rotatable bonds is 3. The third-order valence-electron chi connectivity index (χ3n) is 1.63. The summed E-state index contributed by atoms with van der Waals surface area (Å²) in [5, 5.41) is 9.25. The van der Waals surface area contributed by atoms with Gasteiger partial charge in [-0.05, 0) is 30.2 Å². The number of aryl methyl sites for hydroxylation is 1. The quantitative estimate of drug-likeness (QED) is 0.717. The molecule has 0 atom stereocenters. The molecule has 0 aliphatic rings. The maximum absolute atomic E-state index is 10.0. The number of phenolic OH excluding ortho intramolecular Hbond substituents is 1. The molecule has 0 aliphatic carbocycles. The number of aldehydes is 1. The fourth-order valence-corrected chi connectivity index (χ4v) is 1.15. The second kappa shape index (κ2) is 4.45. The molecule has 0 aliphatic heterocycles. The fourth-order valence-electron chi connectivity index (χ4n) is 1.15. The minimum Gasteiger partial charge on any atom is -0.508 e. The van der Waals surface area contributed by atoms with Crippen molar-refractivity contribution in [1.82, 2.24) is 0 Å². The Bertz CT molecular complexity index is 307. The second-order valence-corrected chi connectivity index (χ2v) is 2.91. The van der Waals surface area contributed by atoms with Gasteiger partial charge in [0.25, 0.3) is 0 Å². The summed E-state index contributed by atoms with van der Waals surface area (Å²) in [6.07, 6.45) is 4.84. The molecular formula is C11H12O2. The van der Waals surface area contributed by atoms with E-state index in [1.165, 1.54) is 0 Å². The van der Waals surface area contributed by atoms with Crippen LogP contribution in [0.3, 0.4) is 0 Å². The molecule has 2 nitrogen and oxygen atoms in total. The number of aromatic hydroxyl groups is 1. The molecule has 13 heavy (non-hydrogen) atoms. The molecular weight excluding hydrogens is 164 g/mol. The largest absolute Gasteiger partial charge is 0.508 e. The van der Waals surface area contributed by atoms with Crippen LogP contribution in [0.2, 0.25) is 0 Å². The first-order chi connectivity index (χ1) is 6.22. The number of hydrogen-bond acceptors (Lipinski definition) is 2. The van der Waals surface area contributed by atoms with Crippen molar-refractivity contribution in [3.63, 3.8) is 0 Å². The molecule has 0 aromatic heterocycles. The molecule has 0 heterocycles. The van der Waals surface area contributed by atoms with E-state index in [1.807, 2.05) is 19.1 Å². The number of benzene rings is 1. The zero-order valence-corrected chi connectivity index (χ0v) is 7.53. The van der Waals surface area contributed by atoms with Gasteiger partial charge in [-0.2, -0.15) is 0 Å². The van der Waals surface area contributed by atoms with E-state index in [-0.39, 0.29) is 5.75 Å². The first kappa shape index (κ1) is 9.52. The minimum absolute atomic E-state index is 0.255. The van der Waals surface area contributed by atoms with E-state index in [9.17, 15) is 9.90 Å². The third kappa shape index (κ3) is 3.11. The molecule has 1 rings (SSSR count). The maximum Gasteiger partial charge on any atom is 0.123 e. The van der Waals surface area contributed by atoms with Gasteiger partial charge in [0.15, 0.2) is 0 Å². The Kier molecular flexibility index (Phi) is 3.26. The summed E-state index contributed by atoms with van der Waals surface area (Å²) in [6.45, 7) is 1.91. The summed E-state index contributed by atoms with van der Waals surface area (Å²) in [5.41, 5.74) is 1.92. The van der Waals surface area contributed by atoms with Crippen LogP contribution in [-0.4, -0.2) is 11.4 Å². The van der Waals surface area contributed by atoms with Gasteiger partial charge >= 0.3 is 0 Å². The molecule has 0 radical (unpaired) electrons. The van der Waals surface area contributed by atoms with Gasteiger partial charge in [-0.1, -0.05) is 18.2 Å². The number of allylic oxidation sites excluding steroid dienone is 1. The van der Waals surface area contributed by atoms with Gasteiger partial charge in [0.1, 0.15) is 12.0 Å². The molecule has 0 unspecified atom stereocenters. The van der Waals surface area contributed by atoms with Gasteiger partial charge < -0.3 is 9.90 Å². The maximum atomic E-state index is 10.0. The normalized spacial score (nSPS) is 10.5. The monoisotopic (exact) mass is 176 g/mol. The lowest BCUT2D eigenvalue weighted by molar-refractivity contribution is -0.107. The lowest BCUT2D eigenvalue weighted by Gasteiger charge is -1.98. The number of phenols is 1. The second-order valence-electron chi connectivity index (χ2n) is 2.91. The van der Waals surface area contributed by atoms with Crippen molar-refractivity contribution < 1.29 is 9.90 Å². The molecule has 1 N–H and O–H groups in total. The first-order valence-corrected chi connectivity index (χ1v) is 4.13. The molecule has 0 bridgehead atoms. The Morgan fingerprint density at radius 2 is 2.15 bits per heavy atom. The summed E-state index contributed by atoms with van der Waals surface area (Å²) >= 11 is 0. The van der Waals surface area contributed by atoms with Crippen molar-refractivity contribution in [1.29, 1.82) is 0 Å². The number of carbonyl (C=O) groups excluding carboxylic acids is 1. The van der Waals surface area contributed by atoms with Crippen molar-refractivity contribution in [2.75, 3.05) is 0 Å². The van der Waals surface area contributed by atoms with E-state index < -0.39 is 0 Å². The van der Waals surface area contributed by atoms with Crippen molar-refractivity contribution in [2.24, 2.45) is 0 Å². The summed E-state index contributed by atoms with van der Waals surface area (Å²) in [6, 6.07) is 5.30. The van der Waals surface area contributed by atoms with E-state index in [0.29, 0.717) is 6.42 Å². The summed E-state index contributed by atoms with van der Waals surface area (Å²) in [5.74, 6) is 0.255. The molecule has 0 fully saturated rings. The predicted molar refractivity (Wildman–Crippen MR) is 52.6 cm³/mol. The highest BCUT2D eigenvalue weighted by Gasteiger charge is 1.92. The van der Waals surface area contributed by atoms with Gasteiger partial charge in [0, 0.05) is 6.42 Å². The van der Waals surface area contributed by atoms with Crippen molar-refractivity contribution in [2.45, 2.75) is 13.3 Å². The first-order valence-electron chi connectivity index (χ1n) is 4.13. The predicted octanol–water partition coefficient (Wildman–Crippen LogP) is 2.30. The Morgan fingerprint density at radius 1 is 1.38 bits per heavy atom. The van der Waals surface area contributed by atoms with Crippen LogP contribution in [0, 0.1) is 6.92 Å². The van der Waals surface area contributed by atoms with E-state index >= 15 is 0 Å². The Hall–Kier alpha value is -1.57. The van der Waals surface area contributed by atoms with Crippen molar-refractivity contribution >= 4 is 12.4 Å². The van der Waals surface area contributed by atoms with Crippen molar-refractivity contribution in [3.8, 4) is 5.75 Å². The van der Waals surface area contributed by atoms with Crippen LogP contribution in [0.1, 0.15) is 17.5 Å². The highest BCUT2D eigenvalue weighted by atomic mass is 16.3. The Morgan fingerprint density at radius 3 is 2.77 bits per heavy atom. The average molecular weight is 176 g/mol. The topological polar surface area (TPSA) is 37.3 Å². The number of carbonyl (C=O) groups is 1. The lowest BCUT2D eigenvalue weighted by Crippen LogP contribution is -1.76. The molecule has 0 saturated heterocycles. The standard InChI is InChI=1S/C11H12O2/c1-9-6-10(4-2-3-5-12)8-11(13)7-9/h2,4-8,13H,3H2,1H3. The van der Waals surface area contributed by atoms with Crippen LogP contribution in [0.25, 0.3) is 6.08 Å². The number of hydrogen-bond donors (Lipinski definition) is 1. The Labute approximate surface area is 77.5 Å². The van der Waals surface area contributed by atoms with E-state index in [4.69, 9.17) is 0 Å². The van der Waals surface area contributed by atoms with Crippen LogP contribution < -0.4 is 0 Å². The van der Waals surface area contributed by atoms with Gasteiger partial charge in [-0.25, -0.2) is 0 Å². The molecule has 0 spiro atoms. The highest BCUT2D eigenvalue weighted by molar-refractivity contribution is 5.59. The lowest BCUT2D eigenvalue weighted by atomic mass is 10.1. The van der Waals surface area contributed by atoms with Gasteiger partial charge in [-0.3, -0.25) is 0 Å². The smallest absolute Gasteiger partial charge is 0.123 e. The minimum atomic E-state index is 0.255. The van der Waals surface area contributed by atoms with E-state index in [1.54, 1.807) is 18.2 Å².